The van der Waals surface area contributed by atoms with E-state index < -0.39 is 0 Å². The lowest BCUT2D eigenvalue weighted by Gasteiger charge is -2.22. The Bertz CT molecular complexity index is 511. The molecule has 0 bridgehead atoms. The Balaban J connectivity index is 0.000000155. The molecule has 0 radical (unpaired) electrons. The monoisotopic (exact) mass is 292 g/mol. The van der Waals surface area contributed by atoms with Crippen molar-refractivity contribution in [3.63, 3.8) is 0 Å². The van der Waals surface area contributed by atoms with E-state index >= 15 is 0 Å². The molecule has 3 rings (SSSR count). The third-order valence-corrected chi connectivity index (χ3v) is 5.38. The van der Waals surface area contributed by atoms with Gasteiger partial charge in [0.25, 0.3) is 0 Å². The van der Waals surface area contributed by atoms with E-state index in [1.54, 1.807) is 5.71 Å². The number of nitrogens with zero attached hydrogens (tertiary/aromatic N) is 4. The summed E-state index contributed by atoms with van der Waals surface area (Å²) in [4.78, 5) is 4.68. The van der Waals surface area contributed by atoms with Crippen LogP contribution in [0, 0.1) is 0 Å². The van der Waals surface area contributed by atoms with Crippen LogP contribution in [0.15, 0.2) is 11.8 Å². The molecule has 0 fully saturated rings. The van der Waals surface area contributed by atoms with Crippen molar-refractivity contribution in [3.8, 4) is 0 Å². The molecule has 0 aromatic heterocycles. The molecular formula is C17H32N4+2. The molecule has 3 aliphatic rings. The maximum Gasteiger partial charge on any atom is 0.218 e. The van der Waals surface area contributed by atoms with Crippen molar-refractivity contribution < 1.29 is 9.15 Å². The summed E-state index contributed by atoms with van der Waals surface area (Å²) in [5.41, 5.74) is 4.72. The van der Waals surface area contributed by atoms with Crippen LogP contribution in [0.2, 0.25) is 0 Å². The van der Waals surface area contributed by atoms with Gasteiger partial charge in [-0.3, -0.25) is 0 Å². The maximum absolute atomic E-state index is 2.36. The Morgan fingerprint density at radius 3 is 2.19 bits per heavy atom. The van der Waals surface area contributed by atoms with Crippen molar-refractivity contribution in [1.29, 1.82) is 0 Å². The minimum atomic E-state index is 0.259. The second-order valence-electron chi connectivity index (χ2n) is 7.15. The van der Waals surface area contributed by atoms with Gasteiger partial charge in [0.15, 0.2) is 12.4 Å². The Kier molecular flexibility index (Phi) is 4.57. The zero-order valence-corrected chi connectivity index (χ0v) is 14.9. The fourth-order valence-electron chi connectivity index (χ4n) is 3.34. The van der Waals surface area contributed by atoms with E-state index in [2.05, 4.69) is 74.0 Å². The summed E-state index contributed by atoms with van der Waals surface area (Å²) in [5, 5.41) is 0. The van der Waals surface area contributed by atoms with Gasteiger partial charge in [-0.25, -0.2) is 14.1 Å². The number of hydrogen-bond donors (Lipinski definition) is 0. The highest BCUT2D eigenvalue weighted by molar-refractivity contribution is 5.97. The fraction of sp³-hybridized carbons (Fsp3) is 0.765. The highest BCUT2D eigenvalue weighted by Gasteiger charge is 2.39. The summed E-state index contributed by atoms with van der Waals surface area (Å²) < 4.78 is 4.64. The first-order valence-electron chi connectivity index (χ1n) is 8.00. The predicted molar refractivity (Wildman–Crippen MR) is 89.3 cm³/mol. The molecule has 0 aromatic carbocycles. The van der Waals surface area contributed by atoms with E-state index in [0.717, 1.165) is 13.3 Å². The Morgan fingerprint density at radius 1 is 1.10 bits per heavy atom. The third-order valence-electron chi connectivity index (χ3n) is 5.38. The average Bonchev–Trinajstić information content (AvgIpc) is 2.82. The van der Waals surface area contributed by atoms with Crippen molar-refractivity contribution in [2.75, 3.05) is 41.5 Å². The zero-order chi connectivity index (χ0) is 15.8. The van der Waals surface area contributed by atoms with Crippen molar-refractivity contribution >= 4 is 11.4 Å². The van der Waals surface area contributed by atoms with Gasteiger partial charge < -0.3 is 4.90 Å². The topological polar surface area (TPSA) is 12.5 Å². The van der Waals surface area contributed by atoms with E-state index in [0.29, 0.717) is 0 Å². The molecular weight excluding hydrogens is 260 g/mol. The molecule has 0 aromatic rings. The largest absolute Gasteiger partial charge is 0.315 e. The van der Waals surface area contributed by atoms with Crippen LogP contribution in [0.4, 0.5) is 0 Å². The maximum atomic E-state index is 2.36. The molecule has 4 heteroatoms. The normalized spacial score (nSPS) is 24.9. The van der Waals surface area contributed by atoms with Crippen LogP contribution in [-0.2, 0) is 0 Å². The lowest BCUT2D eigenvalue weighted by atomic mass is 10.00. The van der Waals surface area contributed by atoms with Gasteiger partial charge >= 0.3 is 0 Å². The van der Waals surface area contributed by atoms with Crippen LogP contribution in [0.3, 0.4) is 0 Å². The predicted octanol–water partition coefficient (Wildman–Crippen LogP) is 1.81. The minimum absolute atomic E-state index is 0.259. The molecule has 0 N–H and O–H groups in total. The lowest BCUT2D eigenvalue weighted by molar-refractivity contribution is -0.505. The number of allylic oxidation sites excluding steroid dienone is 2. The van der Waals surface area contributed by atoms with Gasteiger partial charge in [-0.2, -0.15) is 0 Å². The fourth-order valence-corrected chi connectivity index (χ4v) is 3.34. The number of hydrogen-bond acceptors (Lipinski definition) is 2. The van der Waals surface area contributed by atoms with Gasteiger partial charge in [-0.1, -0.05) is 6.08 Å². The van der Waals surface area contributed by atoms with Crippen LogP contribution in [-0.4, -0.2) is 77.4 Å². The highest BCUT2D eigenvalue weighted by Crippen LogP contribution is 2.21. The quantitative estimate of drug-likeness (QED) is 0.632. The molecule has 0 spiro atoms. The first kappa shape index (κ1) is 16.2. The molecule has 21 heavy (non-hydrogen) atoms. The van der Waals surface area contributed by atoms with Gasteiger partial charge in [-0.15, -0.1) is 0 Å². The van der Waals surface area contributed by atoms with Crippen molar-refractivity contribution in [1.82, 2.24) is 9.80 Å². The Hall–Kier alpha value is -1.16. The van der Waals surface area contributed by atoms with Crippen molar-refractivity contribution in [3.05, 3.63) is 11.8 Å². The second kappa shape index (κ2) is 5.91. The molecule has 2 aliphatic heterocycles. The zero-order valence-electron chi connectivity index (χ0n) is 14.9. The SMILES string of the molecule is CC1=[N+](C)CN(C)C1(C)C.CN1C[N+](C)=C2CCCC=C21. The molecule has 0 saturated heterocycles. The van der Waals surface area contributed by atoms with Crippen LogP contribution in [0.25, 0.3) is 0 Å². The molecule has 0 amide bonds. The van der Waals surface area contributed by atoms with Crippen molar-refractivity contribution in [2.24, 2.45) is 0 Å². The molecule has 1 aliphatic carbocycles. The lowest BCUT2D eigenvalue weighted by Crippen LogP contribution is -2.41. The summed E-state index contributed by atoms with van der Waals surface area (Å²) in [5.74, 6) is 0. The van der Waals surface area contributed by atoms with E-state index in [-0.39, 0.29) is 5.54 Å². The van der Waals surface area contributed by atoms with E-state index in [4.69, 9.17) is 0 Å². The molecule has 2 heterocycles. The van der Waals surface area contributed by atoms with Crippen molar-refractivity contribution in [2.45, 2.75) is 45.6 Å². The molecule has 0 atom stereocenters. The van der Waals surface area contributed by atoms with Gasteiger partial charge in [-0.05, 0) is 33.7 Å². The first-order valence-corrected chi connectivity index (χ1v) is 8.00. The smallest absolute Gasteiger partial charge is 0.218 e. The Labute approximate surface area is 130 Å². The summed E-state index contributed by atoms with van der Waals surface area (Å²) in [6.45, 7) is 8.83. The van der Waals surface area contributed by atoms with Crippen LogP contribution in [0.1, 0.15) is 40.0 Å². The van der Waals surface area contributed by atoms with Crippen LogP contribution >= 0.6 is 0 Å². The van der Waals surface area contributed by atoms with Crippen LogP contribution in [0.5, 0.6) is 0 Å². The number of fused-ring (bicyclic) bond motifs is 1. The molecule has 0 unspecified atom stereocenters. The average molecular weight is 292 g/mol. The van der Waals surface area contributed by atoms with Gasteiger partial charge in [0.05, 0.1) is 0 Å². The first-order chi connectivity index (χ1) is 9.75. The number of rotatable bonds is 0. The molecule has 4 nitrogen and oxygen atoms in total. The summed E-state index contributed by atoms with van der Waals surface area (Å²) >= 11 is 0. The highest BCUT2D eigenvalue weighted by atomic mass is 15.3. The molecule has 0 saturated carbocycles. The minimum Gasteiger partial charge on any atom is -0.315 e. The standard InChI is InChI=1S/C9H15N2.C8H17N2/c1-10-7-11(2)9-6-4-3-5-8(9)10;1-7-8(2,3)10(5)6-9(7)4/h5H,3-4,6-7H2,1-2H3;6H2,1-5H3/q2*+1. The Morgan fingerprint density at radius 2 is 1.76 bits per heavy atom. The van der Waals surface area contributed by atoms with Gasteiger partial charge in [0.1, 0.15) is 25.3 Å². The summed E-state index contributed by atoms with van der Waals surface area (Å²) in [7, 11) is 8.65. The summed E-state index contributed by atoms with van der Waals surface area (Å²) in [6.07, 6.45) is 6.23. The van der Waals surface area contributed by atoms with Gasteiger partial charge in [0.2, 0.25) is 12.4 Å². The van der Waals surface area contributed by atoms with Gasteiger partial charge in [0, 0.05) is 20.4 Å². The van der Waals surface area contributed by atoms with E-state index in [1.807, 2.05) is 0 Å². The second-order valence-corrected chi connectivity index (χ2v) is 7.15. The third kappa shape index (κ3) is 3.05. The van der Waals surface area contributed by atoms with Crippen LogP contribution < -0.4 is 0 Å². The summed E-state index contributed by atoms with van der Waals surface area (Å²) in [6, 6.07) is 0. The van der Waals surface area contributed by atoms with E-state index in [1.165, 1.54) is 30.7 Å². The molecule has 118 valence electrons. The van der Waals surface area contributed by atoms with E-state index in [9.17, 15) is 0 Å².